The molecule has 0 radical (unpaired) electrons. The summed E-state index contributed by atoms with van der Waals surface area (Å²) in [5.41, 5.74) is 0.750. The van der Waals surface area contributed by atoms with Gasteiger partial charge in [-0.1, -0.05) is 28.1 Å². The number of ketones is 1. The Labute approximate surface area is 121 Å². The quantitative estimate of drug-likeness (QED) is 0.795. The summed E-state index contributed by atoms with van der Waals surface area (Å²) in [5, 5.41) is 0. The molecule has 2 aliphatic heterocycles. The average molecular weight is 325 g/mol. The fourth-order valence-corrected chi connectivity index (χ4v) is 3.13. The van der Waals surface area contributed by atoms with Gasteiger partial charge in [0.15, 0.2) is 11.6 Å². The lowest BCUT2D eigenvalue weighted by molar-refractivity contribution is -0.197. The molecule has 1 aromatic carbocycles. The zero-order chi connectivity index (χ0) is 13.3. The van der Waals surface area contributed by atoms with E-state index in [9.17, 15) is 4.79 Å². The first-order chi connectivity index (χ1) is 9.17. The third kappa shape index (κ3) is 2.91. The third-order valence-electron chi connectivity index (χ3n) is 3.88. The molecular weight excluding hydrogens is 308 g/mol. The van der Waals surface area contributed by atoms with Gasteiger partial charge in [0, 0.05) is 29.3 Å². The summed E-state index contributed by atoms with van der Waals surface area (Å²) in [6, 6.07) is 7.49. The maximum Gasteiger partial charge on any atom is 0.168 e. The normalized spacial score (nSPS) is 30.1. The van der Waals surface area contributed by atoms with Gasteiger partial charge in [0.05, 0.1) is 12.7 Å². The molecule has 2 saturated heterocycles. The first kappa shape index (κ1) is 13.3. The van der Waals surface area contributed by atoms with E-state index in [4.69, 9.17) is 9.47 Å². The van der Waals surface area contributed by atoms with Crippen LogP contribution in [0.25, 0.3) is 0 Å². The summed E-state index contributed by atoms with van der Waals surface area (Å²) in [6.45, 7) is 0.785. The van der Waals surface area contributed by atoms with Gasteiger partial charge in [-0.25, -0.2) is 0 Å². The molecule has 0 amide bonds. The van der Waals surface area contributed by atoms with Crippen molar-refractivity contribution < 1.29 is 14.3 Å². The number of Topliss-reactive ketones (excluding diaryl/α,β-unsaturated/α-hetero) is 1. The molecule has 0 unspecified atom stereocenters. The first-order valence-corrected chi connectivity index (χ1v) is 7.57. The molecule has 0 bridgehead atoms. The fourth-order valence-electron chi connectivity index (χ4n) is 2.87. The zero-order valence-electron chi connectivity index (χ0n) is 10.7. The minimum absolute atomic E-state index is 0.00856. The van der Waals surface area contributed by atoms with Gasteiger partial charge in [0.25, 0.3) is 0 Å². The van der Waals surface area contributed by atoms with E-state index >= 15 is 0 Å². The van der Waals surface area contributed by atoms with Crippen LogP contribution in [0.15, 0.2) is 28.7 Å². The first-order valence-electron chi connectivity index (χ1n) is 6.77. The highest BCUT2D eigenvalue weighted by Gasteiger charge is 2.44. The van der Waals surface area contributed by atoms with Gasteiger partial charge in [0.1, 0.15) is 0 Å². The monoisotopic (exact) mass is 324 g/mol. The number of carbonyl (C=O) groups is 1. The van der Waals surface area contributed by atoms with E-state index in [1.807, 2.05) is 24.3 Å². The number of benzene rings is 1. The third-order valence-corrected chi connectivity index (χ3v) is 4.40. The van der Waals surface area contributed by atoms with E-state index in [0.717, 1.165) is 42.3 Å². The molecule has 1 aromatic rings. The zero-order valence-corrected chi connectivity index (χ0v) is 12.3. The van der Waals surface area contributed by atoms with Crippen LogP contribution >= 0.6 is 15.9 Å². The van der Waals surface area contributed by atoms with Crippen molar-refractivity contribution in [3.63, 3.8) is 0 Å². The lowest BCUT2D eigenvalue weighted by Crippen LogP contribution is -2.28. The van der Waals surface area contributed by atoms with Crippen LogP contribution in [0.3, 0.4) is 0 Å². The fraction of sp³-hybridized carbons (Fsp3) is 0.533. The maximum absolute atomic E-state index is 12.2. The summed E-state index contributed by atoms with van der Waals surface area (Å²) in [7, 11) is 0. The van der Waals surface area contributed by atoms with Gasteiger partial charge >= 0.3 is 0 Å². The maximum atomic E-state index is 12.2. The number of hydrogen-bond acceptors (Lipinski definition) is 3. The van der Waals surface area contributed by atoms with E-state index in [1.165, 1.54) is 0 Å². The minimum atomic E-state index is -0.370. The van der Waals surface area contributed by atoms with Crippen molar-refractivity contribution in [3.05, 3.63) is 34.3 Å². The van der Waals surface area contributed by atoms with Crippen LogP contribution in [0.2, 0.25) is 0 Å². The highest BCUT2D eigenvalue weighted by Crippen LogP contribution is 2.40. The van der Waals surface area contributed by atoms with Gasteiger partial charge in [-0.05, 0) is 25.0 Å². The summed E-state index contributed by atoms with van der Waals surface area (Å²) < 4.78 is 12.7. The molecule has 3 nitrogen and oxygen atoms in total. The SMILES string of the molecule is O=C(C[C@H]1CC[C@@]2(CCCO2)O1)c1ccc(Br)cc1. The molecule has 19 heavy (non-hydrogen) atoms. The number of carbonyl (C=O) groups excluding carboxylic acids is 1. The van der Waals surface area contributed by atoms with Crippen molar-refractivity contribution in [2.24, 2.45) is 0 Å². The molecular formula is C15H17BrO3. The van der Waals surface area contributed by atoms with Crippen molar-refractivity contribution in [2.45, 2.75) is 44.0 Å². The molecule has 2 aliphatic rings. The molecule has 3 rings (SSSR count). The predicted octanol–water partition coefficient (Wildman–Crippen LogP) is 3.71. The molecule has 1 spiro atoms. The molecule has 2 fully saturated rings. The summed E-state index contributed by atoms with van der Waals surface area (Å²) in [5.74, 6) is -0.224. The van der Waals surface area contributed by atoms with Crippen LogP contribution in [0.1, 0.15) is 42.5 Å². The van der Waals surface area contributed by atoms with Crippen molar-refractivity contribution in [2.75, 3.05) is 6.61 Å². The standard InChI is InChI=1S/C15H17BrO3/c16-12-4-2-11(3-5-12)14(17)10-13-6-8-15(19-13)7-1-9-18-15/h2-5,13H,1,6-10H2/t13-,15-/m1/s1. The second-order valence-electron chi connectivity index (χ2n) is 5.28. The summed E-state index contributed by atoms with van der Waals surface area (Å²) >= 11 is 3.37. The van der Waals surface area contributed by atoms with Gasteiger partial charge in [-0.3, -0.25) is 4.79 Å². The summed E-state index contributed by atoms with van der Waals surface area (Å²) in [4.78, 5) is 12.2. The number of hydrogen-bond donors (Lipinski definition) is 0. The van der Waals surface area contributed by atoms with Crippen LogP contribution in [0.4, 0.5) is 0 Å². The van der Waals surface area contributed by atoms with Crippen LogP contribution in [-0.2, 0) is 9.47 Å². The van der Waals surface area contributed by atoms with Crippen LogP contribution < -0.4 is 0 Å². The van der Waals surface area contributed by atoms with E-state index < -0.39 is 0 Å². The Morgan fingerprint density at radius 2 is 2.11 bits per heavy atom. The van der Waals surface area contributed by atoms with Crippen molar-refractivity contribution in [3.8, 4) is 0 Å². The Hall–Kier alpha value is -0.710. The predicted molar refractivity (Wildman–Crippen MR) is 75.1 cm³/mol. The second kappa shape index (κ2) is 5.35. The molecule has 2 atom stereocenters. The van der Waals surface area contributed by atoms with Crippen LogP contribution in [-0.4, -0.2) is 24.3 Å². The topological polar surface area (TPSA) is 35.5 Å². The molecule has 0 aromatic heterocycles. The number of halogens is 1. The Morgan fingerprint density at radius 1 is 1.32 bits per heavy atom. The number of rotatable bonds is 3. The molecule has 102 valence electrons. The van der Waals surface area contributed by atoms with Crippen molar-refractivity contribution >= 4 is 21.7 Å². The highest BCUT2D eigenvalue weighted by atomic mass is 79.9. The largest absolute Gasteiger partial charge is 0.350 e. The van der Waals surface area contributed by atoms with Crippen molar-refractivity contribution in [1.29, 1.82) is 0 Å². The Balaban J connectivity index is 1.60. The van der Waals surface area contributed by atoms with E-state index in [2.05, 4.69) is 15.9 Å². The molecule has 0 aliphatic carbocycles. The van der Waals surface area contributed by atoms with Gasteiger partial charge < -0.3 is 9.47 Å². The number of ether oxygens (including phenoxy) is 2. The van der Waals surface area contributed by atoms with Gasteiger partial charge in [-0.2, -0.15) is 0 Å². The molecule has 4 heteroatoms. The molecule has 2 heterocycles. The van der Waals surface area contributed by atoms with Crippen LogP contribution in [0.5, 0.6) is 0 Å². The van der Waals surface area contributed by atoms with E-state index in [-0.39, 0.29) is 17.7 Å². The lowest BCUT2D eigenvalue weighted by Gasteiger charge is -2.22. The Kier molecular flexibility index (Phi) is 3.74. The summed E-state index contributed by atoms with van der Waals surface area (Å²) in [6.07, 6.45) is 4.33. The Bertz CT molecular complexity index is 463. The highest BCUT2D eigenvalue weighted by molar-refractivity contribution is 9.10. The van der Waals surface area contributed by atoms with Gasteiger partial charge in [-0.15, -0.1) is 0 Å². The Morgan fingerprint density at radius 3 is 2.79 bits per heavy atom. The molecule has 0 N–H and O–H groups in total. The average Bonchev–Trinajstić information content (AvgIpc) is 3.01. The lowest BCUT2D eigenvalue weighted by atomic mass is 10.0. The minimum Gasteiger partial charge on any atom is -0.350 e. The molecule has 0 saturated carbocycles. The smallest absolute Gasteiger partial charge is 0.168 e. The van der Waals surface area contributed by atoms with E-state index in [0.29, 0.717) is 6.42 Å². The van der Waals surface area contributed by atoms with E-state index in [1.54, 1.807) is 0 Å². The van der Waals surface area contributed by atoms with Crippen molar-refractivity contribution in [1.82, 2.24) is 0 Å². The van der Waals surface area contributed by atoms with Gasteiger partial charge in [0.2, 0.25) is 0 Å². The van der Waals surface area contributed by atoms with Crippen LogP contribution in [0, 0.1) is 0 Å². The second-order valence-corrected chi connectivity index (χ2v) is 6.19.